The van der Waals surface area contributed by atoms with Crippen molar-refractivity contribution in [2.45, 2.75) is 27.7 Å². The zero-order valence-corrected chi connectivity index (χ0v) is 12.0. The first-order chi connectivity index (χ1) is 8.82. The fraction of sp³-hybridized carbons (Fsp3) is 0.533. The fourth-order valence-electron chi connectivity index (χ4n) is 2.24. The Bertz CT molecular complexity index is 436. The Balaban J connectivity index is 2.66. The van der Waals surface area contributed by atoms with Gasteiger partial charge in [0.1, 0.15) is 5.82 Å². The lowest BCUT2D eigenvalue weighted by Crippen LogP contribution is -2.34. The van der Waals surface area contributed by atoms with Gasteiger partial charge in [0.15, 0.2) is 0 Å². The Morgan fingerprint density at radius 2 is 1.84 bits per heavy atom. The predicted molar refractivity (Wildman–Crippen MR) is 76.3 cm³/mol. The minimum atomic E-state index is -0.501. The summed E-state index contributed by atoms with van der Waals surface area (Å²) in [4.78, 5) is 12.0. The lowest BCUT2D eigenvalue weighted by Gasteiger charge is -2.25. The van der Waals surface area contributed by atoms with Crippen molar-refractivity contribution in [1.82, 2.24) is 5.32 Å². The van der Waals surface area contributed by atoms with Crippen LogP contribution in [0, 0.1) is 23.6 Å². The topological polar surface area (TPSA) is 55.1 Å². The molecule has 1 aromatic carbocycles. The summed E-state index contributed by atoms with van der Waals surface area (Å²) in [5.74, 6) is 0.704. The molecule has 19 heavy (non-hydrogen) atoms. The van der Waals surface area contributed by atoms with Crippen LogP contribution in [0.1, 0.15) is 38.1 Å². The molecule has 0 atom stereocenters. The molecule has 0 bridgehead atoms. The highest BCUT2D eigenvalue weighted by Gasteiger charge is 2.18. The van der Waals surface area contributed by atoms with Crippen LogP contribution in [0.3, 0.4) is 0 Å². The highest BCUT2D eigenvalue weighted by molar-refractivity contribution is 5.95. The van der Waals surface area contributed by atoms with Crippen LogP contribution in [0.15, 0.2) is 18.2 Å². The third-order valence-corrected chi connectivity index (χ3v) is 3.47. The number of nitrogens with two attached hydrogens (primary N) is 1. The summed E-state index contributed by atoms with van der Waals surface area (Å²) in [6, 6.07) is 4.03. The van der Waals surface area contributed by atoms with E-state index in [0.29, 0.717) is 29.9 Å². The van der Waals surface area contributed by atoms with Crippen LogP contribution in [-0.2, 0) is 0 Å². The van der Waals surface area contributed by atoms with Crippen LogP contribution in [0.25, 0.3) is 0 Å². The molecule has 3 N–H and O–H groups in total. The van der Waals surface area contributed by atoms with Crippen molar-refractivity contribution in [3.05, 3.63) is 29.6 Å². The van der Waals surface area contributed by atoms with Gasteiger partial charge in [0, 0.05) is 12.1 Å². The maximum absolute atomic E-state index is 13.0. The normalized spacial score (nSPS) is 11.4. The number of anilines is 1. The maximum Gasteiger partial charge on any atom is 0.251 e. The first-order valence-corrected chi connectivity index (χ1v) is 6.66. The van der Waals surface area contributed by atoms with Gasteiger partial charge in [0.25, 0.3) is 5.91 Å². The van der Waals surface area contributed by atoms with E-state index in [4.69, 9.17) is 5.73 Å². The molecule has 1 amide bonds. The third kappa shape index (κ3) is 4.23. The van der Waals surface area contributed by atoms with E-state index in [-0.39, 0.29) is 11.6 Å². The molecule has 0 saturated carbocycles. The molecule has 0 aliphatic rings. The lowest BCUT2D eigenvalue weighted by atomic mass is 9.85. The molecular formula is C15H23FN2O. The second kappa shape index (κ2) is 6.55. The standard InChI is InChI=1S/C15H23FN2O/c1-9(2)12(10(3)4)8-18-15(19)11-5-6-13(16)14(17)7-11/h5-7,9-10,12H,8,17H2,1-4H3,(H,18,19). The minimum absolute atomic E-state index is 0.00285. The number of carbonyl (C=O) groups is 1. The molecule has 0 radical (unpaired) electrons. The minimum Gasteiger partial charge on any atom is -0.396 e. The van der Waals surface area contributed by atoms with Crippen LogP contribution < -0.4 is 11.1 Å². The van der Waals surface area contributed by atoms with Gasteiger partial charge in [-0.1, -0.05) is 27.7 Å². The smallest absolute Gasteiger partial charge is 0.251 e. The number of benzene rings is 1. The van der Waals surface area contributed by atoms with Crippen LogP contribution in [0.2, 0.25) is 0 Å². The molecule has 0 spiro atoms. The van der Waals surface area contributed by atoms with Gasteiger partial charge in [-0.15, -0.1) is 0 Å². The fourth-order valence-corrected chi connectivity index (χ4v) is 2.24. The predicted octanol–water partition coefficient (Wildman–Crippen LogP) is 3.07. The summed E-state index contributed by atoms with van der Waals surface area (Å²) in [5.41, 5.74) is 5.85. The SMILES string of the molecule is CC(C)C(CNC(=O)c1ccc(F)c(N)c1)C(C)C. The van der Waals surface area contributed by atoms with Crippen LogP contribution in [0.5, 0.6) is 0 Å². The van der Waals surface area contributed by atoms with Crippen LogP contribution >= 0.6 is 0 Å². The van der Waals surface area contributed by atoms with Gasteiger partial charge in [-0.2, -0.15) is 0 Å². The summed E-state index contributed by atoms with van der Waals surface area (Å²) in [7, 11) is 0. The molecule has 0 unspecified atom stereocenters. The molecule has 0 fully saturated rings. The van der Waals surface area contributed by atoms with E-state index < -0.39 is 5.82 Å². The van der Waals surface area contributed by atoms with E-state index in [1.54, 1.807) is 0 Å². The van der Waals surface area contributed by atoms with Crippen molar-refractivity contribution in [3.63, 3.8) is 0 Å². The average molecular weight is 266 g/mol. The average Bonchev–Trinajstić information content (AvgIpc) is 2.31. The van der Waals surface area contributed by atoms with Gasteiger partial charge >= 0.3 is 0 Å². The zero-order chi connectivity index (χ0) is 14.6. The van der Waals surface area contributed by atoms with Crippen molar-refractivity contribution < 1.29 is 9.18 Å². The highest BCUT2D eigenvalue weighted by Crippen LogP contribution is 2.19. The molecule has 106 valence electrons. The Kier molecular flexibility index (Phi) is 5.33. The quantitative estimate of drug-likeness (QED) is 0.805. The van der Waals surface area contributed by atoms with Crippen LogP contribution in [-0.4, -0.2) is 12.5 Å². The molecule has 0 aromatic heterocycles. The van der Waals surface area contributed by atoms with Crippen molar-refractivity contribution >= 4 is 11.6 Å². The number of rotatable bonds is 5. The lowest BCUT2D eigenvalue weighted by molar-refractivity contribution is 0.0937. The van der Waals surface area contributed by atoms with Gasteiger partial charge in [0.2, 0.25) is 0 Å². The zero-order valence-electron chi connectivity index (χ0n) is 12.0. The van der Waals surface area contributed by atoms with Crippen LogP contribution in [0.4, 0.5) is 10.1 Å². The van der Waals surface area contributed by atoms with Gasteiger partial charge in [-0.3, -0.25) is 4.79 Å². The van der Waals surface area contributed by atoms with E-state index in [9.17, 15) is 9.18 Å². The number of hydrogen-bond donors (Lipinski definition) is 2. The van der Waals surface area contributed by atoms with Crippen molar-refractivity contribution in [3.8, 4) is 0 Å². The number of nitrogen functional groups attached to an aromatic ring is 1. The molecule has 0 aliphatic carbocycles. The highest BCUT2D eigenvalue weighted by atomic mass is 19.1. The maximum atomic E-state index is 13.0. The summed E-state index contributed by atoms with van der Waals surface area (Å²) in [6.45, 7) is 9.20. The van der Waals surface area contributed by atoms with E-state index in [1.807, 2.05) is 0 Å². The monoisotopic (exact) mass is 266 g/mol. The number of nitrogens with one attached hydrogen (secondary N) is 1. The van der Waals surface area contributed by atoms with E-state index in [1.165, 1.54) is 18.2 Å². The molecule has 0 saturated heterocycles. The van der Waals surface area contributed by atoms with E-state index in [0.717, 1.165) is 0 Å². The van der Waals surface area contributed by atoms with Crippen molar-refractivity contribution in [2.24, 2.45) is 17.8 Å². The summed E-state index contributed by atoms with van der Waals surface area (Å²) in [6.07, 6.45) is 0. The molecular weight excluding hydrogens is 243 g/mol. The Morgan fingerprint density at radius 1 is 1.26 bits per heavy atom. The van der Waals surface area contributed by atoms with Crippen molar-refractivity contribution in [1.29, 1.82) is 0 Å². The molecule has 3 nitrogen and oxygen atoms in total. The number of amides is 1. The molecule has 1 aromatic rings. The van der Waals surface area contributed by atoms with Gasteiger partial charge < -0.3 is 11.1 Å². The largest absolute Gasteiger partial charge is 0.396 e. The second-order valence-corrected chi connectivity index (χ2v) is 5.60. The number of halogens is 1. The van der Waals surface area contributed by atoms with Gasteiger partial charge in [-0.25, -0.2) is 4.39 Å². The molecule has 0 heterocycles. The van der Waals surface area contributed by atoms with E-state index in [2.05, 4.69) is 33.0 Å². The second-order valence-electron chi connectivity index (χ2n) is 5.60. The number of hydrogen-bond acceptors (Lipinski definition) is 2. The van der Waals surface area contributed by atoms with E-state index >= 15 is 0 Å². The Morgan fingerprint density at radius 3 is 2.32 bits per heavy atom. The third-order valence-electron chi connectivity index (χ3n) is 3.47. The van der Waals surface area contributed by atoms with Gasteiger partial charge in [-0.05, 0) is 36.0 Å². The van der Waals surface area contributed by atoms with Gasteiger partial charge in [0.05, 0.1) is 5.69 Å². The Labute approximate surface area is 114 Å². The summed E-state index contributed by atoms with van der Waals surface area (Å²) < 4.78 is 13.0. The number of carbonyl (C=O) groups excluding carboxylic acids is 1. The summed E-state index contributed by atoms with van der Waals surface area (Å²) in [5, 5.41) is 2.89. The first kappa shape index (κ1) is 15.5. The van der Waals surface area contributed by atoms with Crippen molar-refractivity contribution in [2.75, 3.05) is 12.3 Å². The molecule has 4 heteroatoms. The Hall–Kier alpha value is -1.58. The molecule has 0 aliphatic heterocycles. The summed E-state index contributed by atoms with van der Waals surface area (Å²) >= 11 is 0. The molecule has 1 rings (SSSR count). The first-order valence-electron chi connectivity index (χ1n) is 6.66.